The van der Waals surface area contributed by atoms with Crippen LogP contribution in [-0.4, -0.2) is 40.1 Å². The molecule has 9 heteroatoms. The fourth-order valence-electron chi connectivity index (χ4n) is 1.62. The number of benzene rings is 1. The molecule has 0 bridgehead atoms. The summed E-state index contributed by atoms with van der Waals surface area (Å²) in [4.78, 5) is 22.5. The number of rotatable bonds is 6. The topological polar surface area (TPSA) is 95.9 Å². The Hall–Kier alpha value is -2.29. The molecule has 0 aliphatic carbocycles. The van der Waals surface area contributed by atoms with Crippen LogP contribution in [0.3, 0.4) is 0 Å². The van der Waals surface area contributed by atoms with Gasteiger partial charge >= 0.3 is 18.2 Å². The fraction of sp³-hybridized carbons (Fsp3) is 0.429. The Morgan fingerprint density at radius 3 is 2.30 bits per heavy atom. The van der Waals surface area contributed by atoms with Gasteiger partial charge in [0.15, 0.2) is 5.60 Å². The van der Waals surface area contributed by atoms with Crippen molar-refractivity contribution in [1.82, 2.24) is 5.32 Å². The Morgan fingerprint density at radius 1 is 1.26 bits per heavy atom. The summed E-state index contributed by atoms with van der Waals surface area (Å²) in [6, 6.07) is 6.47. The average molecular weight is 335 g/mol. The van der Waals surface area contributed by atoms with Crippen LogP contribution in [-0.2, 0) is 16.1 Å². The van der Waals surface area contributed by atoms with E-state index >= 15 is 0 Å². The van der Waals surface area contributed by atoms with Gasteiger partial charge in [-0.15, -0.1) is 0 Å². The third-order valence-electron chi connectivity index (χ3n) is 3.02. The van der Waals surface area contributed by atoms with Crippen LogP contribution in [0, 0.1) is 0 Å². The molecule has 0 aromatic heterocycles. The second-order valence-electron chi connectivity index (χ2n) is 5.07. The van der Waals surface area contributed by atoms with Crippen molar-refractivity contribution < 1.29 is 37.7 Å². The number of ether oxygens (including phenoxy) is 1. The van der Waals surface area contributed by atoms with E-state index in [2.05, 4.69) is 0 Å². The maximum atomic E-state index is 12.6. The predicted molar refractivity (Wildman–Crippen MR) is 72.5 cm³/mol. The average Bonchev–Trinajstić information content (AvgIpc) is 2.44. The molecule has 0 aliphatic heterocycles. The molecule has 0 aliphatic rings. The minimum atomic E-state index is -5.03. The molecule has 1 amide bonds. The maximum absolute atomic E-state index is 12.6. The molecule has 1 rings (SSSR count). The van der Waals surface area contributed by atoms with Crippen molar-refractivity contribution in [2.45, 2.75) is 37.8 Å². The zero-order valence-electron chi connectivity index (χ0n) is 12.1. The summed E-state index contributed by atoms with van der Waals surface area (Å²) in [6.07, 6.45) is -7.47. The standard InChI is InChI=1S/C14H16F3NO5/c1-13(22,14(15,16)17)7-10(11(19)20)18-12(21)23-8-9-5-3-2-4-6-9/h2-6,10,22H,7-8H2,1H3,(H,18,21)(H,19,20). The van der Waals surface area contributed by atoms with Crippen LogP contribution in [0.25, 0.3) is 0 Å². The summed E-state index contributed by atoms with van der Waals surface area (Å²) in [7, 11) is 0. The lowest BCUT2D eigenvalue weighted by Crippen LogP contribution is -2.51. The van der Waals surface area contributed by atoms with Gasteiger partial charge in [-0.05, 0) is 12.5 Å². The molecule has 1 aromatic rings. The highest BCUT2D eigenvalue weighted by Gasteiger charge is 2.52. The van der Waals surface area contributed by atoms with Gasteiger partial charge in [-0.2, -0.15) is 13.2 Å². The predicted octanol–water partition coefficient (Wildman–Crippen LogP) is 2.07. The van der Waals surface area contributed by atoms with Crippen molar-refractivity contribution in [1.29, 1.82) is 0 Å². The van der Waals surface area contributed by atoms with E-state index < -0.39 is 36.3 Å². The number of carboxylic acid groups (broad SMARTS) is 1. The molecule has 3 N–H and O–H groups in total. The number of aliphatic hydroxyl groups is 1. The summed E-state index contributed by atoms with van der Waals surface area (Å²) in [6.45, 7) is 0.259. The van der Waals surface area contributed by atoms with Crippen LogP contribution < -0.4 is 5.32 Å². The van der Waals surface area contributed by atoms with Crippen molar-refractivity contribution in [2.75, 3.05) is 0 Å². The largest absolute Gasteiger partial charge is 0.480 e. The highest BCUT2D eigenvalue weighted by atomic mass is 19.4. The number of alkyl carbamates (subject to hydrolysis) is 1. The van der Waals surface area contributed by atoms with Gasteiger partial charge in [0, 0.05) is 6.42 Å². The summed E-state index contributed by atoms with van der Waals surface area (Å²) < 4.78 is 42.5. The molecule has 0 spiro atoms. The Kier molecular flexibility index (Phi) is 5.97. The van der Waals surface area contributed by atoms with Gasteiger partial charge in [-0.1, -0.05) is 30.3 Å². The van der Waals surface area contributed by atoms with E-state index in [-0.39, 0.29) is 6.61 Å². The quantitative estimate of drug-likeness (QED) is 0.740. The van der Waals surface area contributed by atoms with Gasteiger partial charge in [-0.3, -0.25) is 0 Å². The van der Waals surface area contributed by atoms with E-state index in [1.165, 1.54) is 0 Å². The third-order valence-corrected chi connectivity index (χ3v) is 3.02. The summed E-state index contributed by atoms with van der Waals surface area (Å²) in [5.74, 6) is -1.72. The molecule has 0 heterocycles. The lowest BCUT2D eigenvalue weighted by atomic mass is 9.96. The zero-order chi connectivity index (χ0) is 17.7. The Morgan fingerprint density at radius 2 is 1.83 bits per heavy atom. The van der Waals surface area contributed by atoms with Crippen molar-refractivity contribution >= 4 is 12.1 Å². The SMILES string of the molecule is CC(O)(CC(NC(=O)OCc1ccccc1)C(=O)O)C(F)(F)F. The molecule has 2 atom stereocenters. The number of aliphatic carboxylic acids is 1. The van der Waals surface area contributed by atoms with Crippen LogP contribution in [0.4, 0.5) is 18.0 Å². The Labute approximate surface area is 129 Å². The van der Waals surface area contributed by atoms with Crippen LogP contribution in [0.5, 0.6) is 0 Å². The number of carbonyl (C=O) groups is 2. The second-order valence-corrected chi connectivity index (χ2v) is 5.07. The number of carboxylic acids is 1. The number of amides is 1. The maximum Gasteiger partial charge on any atom is 0.416 e. The van der Waals surface area contributed by atoms with E-state index in [1.54, 1.807) is 35.6 Å². The van der Waals surface area contributed by atoms with E-state index in [9.17, 15) is 27.9 Å². The first kappa shape index (κ1) is 18.8. The van der Waals surface area contributed by atoms with E-state index in [4.69, 9.17) is 9.84 Å². The van der Waals surface area contributed by atoms with Gasteiger partial charge in [-0.25, -0.2) is 9.59 Å². The molecular formula is C14H16F3NO5. The number of hydrogen-bond donors (Lipinski definition) is 3. The van der Waals surface area contributed by atoms with E-state index in [0.717, 1.165) is 0 Å². The molecule has 6 nitrogen and oxygen atoms in total. The molecule has 2 unspecified atom stereocenters. The molecule has 23 heavy (non-hydrogen) atoms. The van der Waals surface area contributed by atoms with Crippen molar-refractivity contribution in [3.63, 3.8) is 0 Å². The normalized spacial score (nSPS) is 15.3. The monoisotopic (exact) mass is 335 g/mol. The molecule has 128 valence electrons. The molecule has 0 radical (unpaired) electrons. The fourth-order valence-corrected chi connectivity index (χ4v) is 1.62. The minimum Gasteiger partial charge on any atom is -0.480 e. The van der Waals surface area contributed by atoms with Crippen LogP contribution in [0.2, 0.25) is 0 Å². The number of halogens is 3. The zero-order valence-corrected chi connectivity index (χ0v) is 12.1. The van der Waals surface area contributed by atoms with E-state index in [0.29, 0.717) is 12.5 Å². The van der Waals surface area contributed by atoms with Crippen molar-refractivity contribution in [3.8, 4) is 0 Å². The lowest BCUT2D eigenvalue weighted by molar-refractivity contribution is -0.256. The molecule has 0 fully saturated rings. The van der Waals surface area contributed by atoms with Crippen LogP contribution in [0.15, 0.2) is 30.3 Å². The number of carbonyl (C=O) groups excluding carboxylic acids is 1. The van der Waals surface area contributed by atoms with E-state index in [1.807, 2.05) is 0 Å². The van der Waals surface area contributed by atoms with Crippen molar-refractivity contribution in [3.05, 3.63) is 35.9 Å². The smallest absolute Gasteiger partial charge is 0.416 e. The van der Waals surface area contributed by atoms with Crippen LogP contribution >= 0.6 is 0 Å². The number of nitrogens with one attached hydrogen (secondary N) is 1. The first-order valence-electron chi connectivity index (χ1n) is 6.52. The van der Waals surface area contributed by atoms with Gasteiger partial charge in [0.1, 0.15) is 12.6 Å². The minimum absolute atomic E-state index is 0.172. The molecule has 1 aromatic carbocycles. The third kappa shape index (κ3) is 5.78. The summed E-state index contributed by atoms with van der Waals surface area (Å²) in [5, 5.41) is 20.0. The van der Waals surface area contributed by atoms with Gasteiger partial charge in [0.2, 0.25) is 0 Å². The first-order valence-corrected chi connectivity index (χ1v) is 6.52. The molecule has 0 saturated heterocycles. The highest BCUT2D eigenvalue weighted by molar-refractivity contribution is 5.80. The number of hydrogen-bond acceptors (Lipinski definition) is 4. The first-order chi connectivity index (χ1) is 10.5. The number of alkyl halides is 3. The Bertz CT molecular complexity index is 545. The molecule has 0 saturated carbocycles. The van der Waals surface area contributed by atoms with Gasteiger partial charge in [0.05, 0.1) is 0 Å². The molecular weight excluding hydrogens is 319 g/mol. The lowest BCUT2D eigenvalue weighted by Gasteiger charge is -2.28. The van der Waals surface area contributed by atoms with Crippen molar-refractivity contribution in [2.24, 2.45) is 0 Å². The van der Waals surface area contributed by atoms with Gasteiger partial charge in [0.25, 0.3) is 0 Å². The second kappa shape index (κ2) is 7.32. The summed E-state index contributed by atoms with van der Waals surface area (Å²) >= 11 is 0. The Balaban J connectivity index is 2.62. The van der Waals surface area contributed by atoms with Gasteiger partial charge < -0.3 is 20.3 Å². The van der Waals surface area contributed by atoms with Crippen LogP contribution in [0.1, 0.15) is 18.9 Å². The highest BCUT2D eigenvalue weighted by Crippen LogP contribution is 2.33. The summed E-state index contributed by atoms with van der Waals surface area (Å²) in [5.41, 5.74) is -2.64.